The minimum Gasteiger partial charge on any atom is -0.478 e. The molecule has 0 unspecified atom stereocenters. The number of rotatable bonds is 7. The van der Waals surface area contributed by atoms with Gasteiger partial charge in [-0.3, -0.25) is 19.8 Å². The first kappa shape index (κ1) is 26.4. The summed E-state index contributed by atoms with van der Waals surface area (Å²) in [5.41, 5.74) is 1.72. The molecule has 12 heteroatoms. The third-order valence-corrected chi connectivity index (χ3v) is 7.24. The Balaban J connectivity index is 1.58. The van der Waals surface area contributed by atoms with E-state index >= 15 is 0 Å². The second-order valence-corrected chi connectivity index (χ2v) is 9.84. The Morgan fingerprint density at radius 3 is 1.74 bits per heavy atom. The second kappa shape index (κ2) is 10.0. The number of benzene rings is 3. The van der Waals surface area contributed by atoms with Crippen LogP contribution in [0.25, 0.3) is 11.4 Å². The number of ether oxygens (including phenoxy) is 2. The molecule has 0 spiro atoms. The molecule has 1 aliphatic heterocycles. The van der Waals surface area contributed by atoms with E-state index in [-0.39, 0.29) is 29.0 Å². The predicted octanol–water partition coefficient (Wildman–Crippen LogP) is 3.57. The minimum atomic E-state index is -1.14. The van der Waals surface area contributed by atoms with E-state index in [1.165, 1.54) is 45.8 Å². The molecule has 0 amide bonds. The van der Waals surface area contributed by atoms with Gasteiger partial charge in [0.2, 0.25) is 6.79 Å². The number of fused-ring (bicyclic) bond motifs is 1. The maximum atomic E-state index is 14.1. The van der Waals surface area contributed by atoms with Crippen LogP contribution in [0.15, 0.2) is 76.3 Å². The molecule has 2 aromatic heterocycles. The predicted molar refractivity (Wildman–Crippen MR) is 150 cm³/mol. The topological polar surface area (TPSA) is 169 Å². The lowest BCUT2D eigenvalue weighted by Gasteiger charge is -2.16. The van der Waals surface area contributed by atoms with Crippen molar-refractivity contribution in [3.05, 3.63) is 127 Å². The first-order chi connectivity index (χ1) is 20.1. The molecule has 3 heterocycles. The van der Waals surface area contributed by atoms with Crippen LogP contribution in [0.5, 0.6) is 11.5 Å². The van der Waals surface area contributed by atoms with E-state index in [1.54, 1.807) is 44.2 Å². The molecule has 212 valence electrons. The average Bonchev–Trinajstić information content (AvgIpc) is 3.65. The van der Waals surface area contributed by atoms with Crippen molar-refractivity contribution in [2.75, 3.05) is 6.79 Å². The lowest BCUT2D eigenvalue weighted by Crippen LogP contribution is -2.25. The van der Waals surface area contributed by atoms with Gasteiger partial charge in [-0.2, -0.15) is 0 Å². The van der Waals surface area contributed by atoms with Crippen molar-refractivity contribution < 1.29 is 29.3 Å². The van der Waals surface area contributed by atoms with Gasteiger partial charge in [-0.15, -0.1) is 0 Å². The first-order valence-electron chi connectivity index (χ1n) is 12.8. The molecule has 0 saturated carbocycles. The zero-order chi connectivity index (χ0) is 29.7. The summed E-state index contributed by atoms with van der Waals surface area (Å²) in [5.74, 6) is -2.17. The molecule has 3 aromatic carbocycles. The van der Waals surface area contributed by atoms with Crippen molar-refractivity contribution in [2.45, 2.75) is 19.8 Å². The first-order valence-corrected chi connectivity index (χ1v) is 12.8. The molecule has 5 aromatic rings. The molecule has 4 N–H and O–H groups in total. The Kier molecular flexibility index (Phi) is 6.30. The zero-order valence-electron chi connectivity index (χ0n) is 22.4. The Hall–Kier alpha value is -5.78. The van der Waals surface area contributed by atoms with Gasteiger partial charge in [-0.05, 0) is 67.9 Å². The molecule has 0 bridgehead atoms. The molecule has 0 radical (unpaired) electrons. The molecular formula is C30H24N4O8. The van der Waals surface area contributed by atoms with E-state index in [9.17, 15) is 29.4 Å². The standard InChI is InChI=1S/C30H24N4O8/c1-15-24(27(35)33(31-15)20-7-3-5-18(11-20)29(37)38)26(17-9-10-22-23(13-17)42-14-41-22)25-16(2)32-34(28(25)36)21-8-4-6-19(12-21)30(39)40/h3-13,26,31-32H,14H2,1-2H3,(H,37,38)(H,39,40). The summed E-state index contributed by atoms with van der Waals surface area (Å²) < 4.78 is 13.5. The number of aryl methyl sites for hydroxylation is 2. The molecule has 6 rings (SSSR count). The van der Waals surface area contributed by atoms with E-state index in [0.29, 0.717) is 39.8 Å². The summed E-state index contributed by atoms with van der Waals surface area (Å²) in [4.78, 5) is 51.3. The van der Waals surface area contributed by atoms with E-state index in [0.717, 1.165) is 0 Å². The van der Waals surface area contributed by atoms with Gasteiger partial charge < -0.3 is 19.7 Å². The number of nitrogens with zero attached hydrogens (tertiary/aromatic N) is 2. The van der Waals surface area contributed by atoms with Crippen molar-refractivity contribution >= 4 is 11.9 Å². The van der Waals surface area contributed by atoms with Crippen LogP contribution in [0, 0.1) is 13.8 Å². The van der Waals surface area contributed by atoms with Crippen molar-refractivity contribution in [1.82, 2.24) is 19.6 Å². The molecule has 0 atom stereocenters. The molecule has 0 aliphatic carbocycles. The fourth-order valence-electron chi connectivity index (χ4n) is 5.29. The maximum absolute atomic E-state index is 14.1. The fraction of sp³-hybridized carbons (Fsp3) is 0.133. The number of hydrogen-bond donors (Lipinski definition) is 4. The highest BCUT2D eigenvalue weighted by Crippen LogP contribution is 2.39. The van der Waals surface area contributed by atoms with E-state index in [1.807, 2.05) is 0 Å². The van der Waals surface area contributed by atoms with Crippen LogP contribution in [0.4, 0.5) is 0 Å². The second-order valence-electron chi connectivity index (χ2n) is 9.84. The summed E-state index contributed by atoms with van der Waals surface area (Å²) >= 11 is 0. The van der Waals surface area contributed by atoms with Gasteiger partial charge in [-0.1, -0.05) is 18.2 Å². The SMILES string of the molecule is Cc1[nH]n(-c2cccc(C(=O)O)c2)c(=O)c1C(c1ccc2c(c1)OCO2)c1c(C)[nH]n(-c2cccc(C(=O)O)c2)c1=O. The largest absolute Gasteiger partial charge is 0.478 e. The van der Waals surface area contributed by atoms with Gasteiger partial charge >= 0.3 is 11.9 Å². The smallest absolute Gasteiger partial charge is 0.335 e. The van der Waals surface area contributed by atoms with E-state index in [2.05, 4.69) is 10.2 Å². The van der Waals surface area contributed by atoms with Gasteiger partial charge in [0.1, 0.15) is 0 Å². The highest BCUT2D eigenvalue weighted by Gasteiger charge is 2.32. The van der Waals surface area contributed by atoms with Crippen LogP contribution < -0.4 is 20.6 Å². The Labute approximate surface area is 237 Å². The summed E-state index contributed by atoms with van der Waals surface area (Å²) in [6.45, 7) is 3.44. The van der Waals surface area contributed by atoms with Crippen molar-refractivity contribution in [3.63, 3.8) is 0 Å². The van der Waals surface area contributed by atoms with Crippen LogP contribution in [0.1, 0.15) is 54.7 Å². The number of aromatic carboxylic acids is 2. The molecule has 0 saturated heterocycles. The third kappa shape index (κ3) is 4.35. The lowest BCUT2D eigenvalue weighted by atomic mass is 9.85. The molecule has 1 aliphatic rings. The van der Waals surface area contributed by atoms with Gasteiger partial charge in [-0.25, -0.2) is 19.0 Å². The molecule has 0 fully saturated rings. The van der Waals surface area contributed by atoms with Crippen molar-refractivity contribution in [3.8, 4) is 22.9 Å². The van der Waals surface area contributed by atoms with Crippen LogP contribution >= 0.6 is 0 Å². The summed E-state index contributed by atoms with van der Waals surface area (Å²) in [6.07, 6.45) is 0. The third-order valence-electron chi connectivity index (χ3n) is 7.24. The van der Waals surface area contributed by atoms with Gasteiger partial charge in [0, 0.05) is 17.3 Å². The number of aromatic nitrogens is 4. The number of H-pyrrole nitrogens is 2. The van der Waals surface area contributed by atoms with Crippen LogP contribution in [-0.2, 0) is 0 Å². The quantitative estimate of drug-likeness (QED) is 0.231. The van der Waals surface area contributed by atoms with Gasteiger partial charge in [0.15, 0.2) is 11.5 Å². The normalized spacial score (nSPS) is 12.2. The Morgan fingerprint density at radius 1 is 0.738 bits per heavy atom. The van der Waals surface area contributed by atoms with Crippen molar-refractivity contribution in [1.29, 1.82) is 0 Å². The molecular weight excluding hydrogens is 544 g/mol. The fourth-order valence-corrected chi connectivity index (χ4v) is 5.29. The number of carbonyl (C=O) groups is 2. The summed E-state index contributed by atoms with van der Waals surface area (Å²) in [7, 11) is 0. The van der Waals surface area contributed by atoms with E-state index in [4.69, 9.17) is 9.47 Å². The van der Waals surface area contributed by atoms with Gasteiger partial charge in [0.05, 0.1) is 33.6 Å². The lowest BCUT2D eigenvalue weighted by molar-refractivity contribution is 0.0686. The minimum absolute atomic E-state index is 0.00785. The Bertz CT molecular complexity index is 1900. The van der Waals surface area contributed by atoms with Crippen molar-refractivity contribution in [2.24, 2.45) is 0 Å². The summed E-state index contributed by atoms with van der Waals surface area (Å²) in [6, 6.07) is 17.1. The Morgan fingerprint density at radius 2 is 1.24 bits per heavy atom. The maximum Gasteiger partial charge on any atom is 0.335 e. The molecule has 42 heavy (non-hydrogen) atoms. The number of carboxylic acids is 2. The van der Waals surface area contributed by atoms with Crippen LogP contribution in [0.2, 0.25) is 0 Å². The van der Waals surface area contributed by atoms with Gasteiger partial charge in [0.25, 0.3) is 11.1 Å². The molecule has 12 nitrogen and oxygen atoms in total. The average molecular weight is 569 g/mol. The van der Waals surface area contributed by atoms with Crippen LogP contribution in [0.3, 0.4) is 0 Å². The highest BCUT2D eigenvalue weighted by atomic mass is 16.7. The number of nitrogens with one attached hydrogen (secondary N) is 2. The number of aromatic amines is 2. The summed E-state index contributed by atoms with van der Waals surface area (Å²) in [5, 5.41) is 25.0. The number of carboxylic acid groups (broad SMARTS) is 2. The monoisotopic (exact) mass is 568 g/mol. The number of hydrogen-bond acceptors (Lipinski definition) is 6. The van der Waals surface area contributed by atoms with E-state index < -0.39 is 29.0 Å². The highest BCUT2D eigenvalue weighted by molar-refractivity contribution is 5.88. The van der Waals surface area contributed by atoms with Crippen LogP contribution in [-0.4, -0.2) is 48.5 Å². The zero-order valence-corrected chi connectivity index (χ0v) is 22.4.